The molecule has 0 radical (unpaired) electrons. The van der Waals surface area contributed by atoms with Gasteiger partial charge in [0, 0.05) is 37.1 Å². The summed E-state index contributed by atoms with van der Waals surface area (Å²) >= 11 is 0. The van der Waals surface area contributed by atoms with E-state index in [9.17, 15) is 50.3 Å². The van der Waals surface area contributed by atoms with Crippen LogP contribution in [0.15, 0.2) is 60.7 Å². The topological polar surface area (TPSA) is 131 Å². The molecule has 55 heavy (non-hydrogen) atoms. The van der Waals surface area contributed by atoms with Gasteiger partial charge >= 0.3 is 18.2 Å². The van der Waals surface area contributed by atoms with Crippen LogP contribution in [0.3, 0.4) is 0 Å². The number of carboxylic acids is 1. The number of carbonyl (C=O) groups is 5. The second kappa shape index (κ2) is 20.1. The minimum absolute atomic E-state index is 0.00120. The molecular weight excluding hydrogens is 738 g/mol. The molecule has 2 saturated heterocycles. The van der Waals surface area contributed by atoms with Gasteiger partial charge in [-0.1, -0.05) is 27.7 Å². The van der Waals surface area contributed by atoms with Gasteiger partial charge in [-0.2, -0.15) is 0 Å². The first kappa shape index (κ1) is 43.7. The van der Waals surface area contributed by atoms with Gasteiger partial charge in [-0.05, 0) is 83.8 Å². The summed E-state index contributed by atoms with van der Waals surface area (Å²) in [6.45, 7) is 7.97. The van der Waals surface area contributed by atoms with Gasteiger partial charge in [-0.25, -0.2) is 50.5 Å². The lowest BCUT2D eigenvalue weighted by atomic mass is 10.0. The van der Waals surface area contributed by atoms with Crippen LogP contribution in [-0.2, 0) is 36.7 Å². The molecule has 2 heterocycles. The van der Waals surface area contributed by atoms with Crippen LogP contribution in [0.5, 0.6) is 0 Å². The van der Waals surface area contributed by atoms with Crippen molar-refractivity contribution < 1.29 is 64.9 Å². The number of nitrogens with zero attached hydrogens (tertiary/aromatic N) is 2. The molecule has 2 fully saturated rings. The molecule has 2 aliphatic rings. The minimum Gasteiger partial charge on any atom is -0.478 e. The molecule has 3 aromatic carbocycles. The largest absolute Gasteiger partial charge is 0.478 e. The third kappa shape index (κ3) is 13.6. The highest BCUT2D eigenvalue weighted by molar-refractivity contribution is 5.94. The normalized spacial score (nSPS) is 16.4. The van der Waals surface area contributed by atoms with Crippen molar-refractivity contribution >= 4 is 36.0 Å². The van der Waals surface area contributed by atoms with E-state index >= 15 is 0 Å². The maximum atomic E-state index is 13.1. The van der Waals surface area contributed by atoms with Gasteiger partial charge in [0.25, 0.3) is 0 Å². The highest BCUT2D eigenvalue weighted by Gasteiger charge is 2.40. The molecule has 10 nitrogen and oxygen atoms in total. The molecule has 0 unspecified atom stereocenters. The summed E-state index contributed by atoms with van der Waals surface area (Å²) in [5.41, 5.74) is 0.948. The Hall–Kier alpha value is -5.67. The maximum Gasteiger partial charge on any atom is 0.416 e. The quantitative estimate of drug-likeness (QED) is 0.163. The smallest absolute Gasteiger partial charge is 0.416 e. The Bertz CT molecular complexity index is 1740. The van der Waals surface area contributed by atoms with E-state index in [1.54, 1.807) is 0 Å². The predicted molar refractivity (Wildman–Crippen MR) is 186 cm³/mol. The predicted octanol–water partition coefficient (Wildman–Crippen LogP) is 7.86. The Balaban J connectivity index is 0.000000229. The lowest BCUT2D eigenvalue weighted by Crippen LogP contribution is -2.41. The molecule has 296 valence electrons. The zero-order chi connectivity index (χ0) is 41.0. The van der Waals surface area contributed by atoms with Crippen molar-refractivity contribution in [3.05, 3.63) is 112 Å². The van der Waals surface area contributed by atoms with E-state index in [-0.39, 0.29) is 80.2 Å². The number of benzene rings is 3. The molecule has 4 amide bonds. The molecule has 0 bridgehead atoms. The van der Waals surface area contributed by atoms with Gasteiger partial charge in [-0.3, -0.25) is 9.59 Å². The van der Waals surface area contributed by atoms with Crippen molar-refractivity contribution in [3.8, 4) is 0 Å². The van der Waals surface area contributed by atoms with Gasteiger partial charge in [-0.15, -0.1) is 0 Å². The summed E-state index contributed by atoms with van der Waals surface area (Å²) in [6.07, 6.45) is 0.975. The van der Waals surface area contributed by atoms with Crippen LogP contribution in [0.25, 0.3) is 6.08 Å². The lowest BCUT2D eigenvalue weighted by molar-refractivity contribution is -0.131. The summed E-state index contributed by atoms with van der Waals surface area (Å²) in [6, 6.07) is 8.51. The Morgan fingerprint density at radius 2 is 0.964 bits per heavy atom. The fourth-order valence-electron chi connectivity index (χ4n) is 5.52. The molecule has 0 aromatic heterocycles. The molecule has 1 N–H and O–H groups in total. The Kier molecular flexibility index (Phi) is 16.0. The first-order valence-corrected chi connectivity index (χ1v) is 17.1. The van der Waals surface area contributed by atoms with Crippen LogP contribution in [0.2, 0.25) is 0 Å². The van der Waals surface area contributed by atoms with Gasteiger partial charge < -0.3 is 14.6 Å². The highest BCUT2D eigenvalue weighted by Crippen LogP contribution is 2.23. The monoisotopic (exact) mass is 778 g/mol. The number of hydrogen-bond acceptors (Lipinski definition) is 7. The zero-order valence-electron chi connectivity index (χ0n) is 30.4. The molecule has 5 rings (SSSR count). The van der Waals surface area contributed by atoms with Crippen molar-refractivity contribution in [2.45, 2.75) is 65.5 Å². The second-order valence-corrected chi connectivity index (χ2v) is 13.2. The molecule has 2 atom stereocenters. The van der Waals surface area contributed by atoms with E-state index in [1.807, 2.05) is 27.7 Å². The van der Waals surface area contributed by atoms with E-state index < -0.39 is 53.1 Å². The number of rotatable bonds is 10. The van der Waals surface area contributed by atoms with Crippen molar-refractivity contribution in [2.75, 3.05) is 13.2 Å². The number of halogens is 6. The minimum atomic E-state index is -1.16. The van der Waals surface area contributed by atoms with E-state index in [1.165, 1.54) is 24.3 Å². The van der Waals surface area contributed by atoms with E-state index in [0.717, 1.165) is 52.3 Å². The van der Waals surface area contributed by atoms with Gasteiger partial charge in [0.1, 0.15) is 48.1 Å². The summed E-state index contributed by atoms with van der Waals surface area (Å²) in [5, 5.41) is 8.24. The second-order valence-electron chi connectivity index (χ2n) is 13.2. The van der Waals surface area contributed by atoms with Gasteiger partial charge in [0.05, 0.1) is 12.1 Å². The van der Waals surface area contributed by atoms with Gasteiger partial charge in [0.2, 0.25) is 11.8 Å². The third-order valence-electron chi connectivity index (χ3n) is 8.29. The average molecular weight is 779 g/mol. The standard InChI is InChI=1S/2C15H17F2NO3.C9H6F2O2/c2*1-9(2)13-8-21-15(20)18(13)14(19)4-3-10-5-11(16)7-12(17)6-10;10-7-3-6(1-2-9(12)13)4-8(11)5-7/h2*5-7,9,13H,3-4,8H2,1-2H3;1-5H,(H,12,13)/b;;2-1+/t2*13-;/m11./s1. The third-order valence-corrected chi connectivity index (χ3v) is 8.29. The number of hydrogen-bond donors (Lipinski definition) is 1. The molecule has 2 aliphatic heterocycles. The van der Waals surface area contributed by atoms with Crippen LogP contribution < -0.4 is 0 Å². The van der Waals surface area contributed by atoms with Crippen molar-refractivity contribution in [1.29, 1.82) is 0 Å². The Morgan fingerprint density at radius 1 is 0.636 bits per heavy atom. The molecule has 16 heteroatoms. The number of carboxylic acid groups (broad SMARTS) is 1. The Morgan fingerprint density at radius 3 is 1.27 bits per heavy atom. The molecule has 0 saturated carbocycles. The van der Waals surface area contributed by atoms with Crippen LogP contribution in [0, 0.1) is 46.7 Å². The average Bonchev–Trinajstić information content (AvgIpc) is 3.67. The number of aliphatic carboxylic acids is 1. The number of carbonyl (C=O) groups excluding carboxylic acids is 4. The summed E-state index contributed by atoms with van der Waals surface area (Å²) in [5.74, 6) is -5.95. The number of ether oxygens (including phenoxy) is 2. The summed E-state index contributed by atoms with van der Waals surface area (Å²) in [7, 11) is 0. The van der Waals surface area contributed by atoms with Crippen LogP contribution in [0.1, 0.15) is 57.2 Å². The van der Waals surface area contributed by atoms with Crippen LogP contribution in [0.4, 0.5) is 35.9 Å². The van der Waals surface area contributed by atoms with Crippen molar-refractivity contribution in [2.24, 2.45) is 11.8 Å². The molecule has 0 spiro atoms. The Labute approximate surface area is 313 Å². The zero-order valence-corrected chi connectivity index (χ0v) is 30.4. The molecular formula is C39H40F6N2O8. The number of cyclic esters (lactones) is 2. The number of amides is 4. The fraction of sp³-hybridized carbons (Fsp3) is 0.359. The number of imide groups is 2. The van der Waals surface area contributed by atoms with Crippen LogP contribution in [-0.4, -0.2) is 70.2 Å². The van der Waals surface area contributed by atoms with E-state index in [4.69, 9.17) is 14.6 Å². The highest BCUT2D eigenvalue weighted by atomic mass is 19.2. The number of aryl methyl sites for hydroxylation is 2. The molecule has 3 aromatic rings. The van der Waals surface area contributed by atoms with Crippen molar-refractivity contribution in [1.82, 2.24) is 9.80 Å². The summed E-state index contributed by atoms with van der Waals surface area (Å²) in [4.78, 5) is 59.8. The maximum absolute atomic E-state index is 13.1. The fourth-order valence-corrected chi connectivity index (χ4v) is 5.52. The van der Waals surface area contributed by atoms with Crippen LogP contribution >= 0.6 is 0 Å². The summed E-state index contributed by atoms with van der Waals surface area (Å²) < 4.78 is 87.2. The SMILES string of the molecule is CC(C)[C@H]1COC(=O)N1C(=O)CCc1cc(F)cc(F)c1.CC(C)[C@H]1COC(=O)N1C(=O)CCc1cc(F)cc(F)c1.O=C(O)/C=C/c1cc(F)cc(F)c1. The molecule has 0 aliphatic carbocycles. The van der Waals surface area contributed by atoms with E-state index in [2.05, 4.69) is 0 Å². The van der Waals surface area contributed by atoms with E-state index in [0.29, 0.717) is 11.1 Å². The van der Waals surface area contributed by atoms with Gasteiger partial charge in [0.15, 0.2) is 0 Å². The van der Waals surface area contributed by atoms with Crippen molar-refractivity contribution in [3.63, 3.8) is 0 Å². The first-order chi connectivity index (χ1) is 25.8. The lowest BCUT2D eigenvalue weighted by Gasteiger charge is -2.22. The first-order valence-electron chi connectivity index (χ1n) is 17.1.